The number of aromatic amines is 1. The van der Waals surface area contributed by atoms with Crippen molar-refractivity contribution >= 4 is 5.82 Å². The van der Waals surface area contributed by atoms with Crippen LogP contribution in [-0.4, -0.2) is 36.1 Å². The van der Waals surface area contributed by atoms with Crippen LogP contribution in [0.5, 0.6) is 0 Å². The molecule has 94 valence electrons. The third-order valence-corrected chi connectivity index (χ3v) is 3.69. The summed E-state index contributed by atoms with van der Waals surface area (Å²) >= 11 is 0. The van der Waals surface area contributed by atoms with Crippen LogP contribution < -0.4 is 15.8 Å². The molecule has 2 heterocycles. The van der Waals surface area contributed by atoms with Gasteiger partial charge in [0.15, 0.2) is 0 Å². The summed E-state index contributed by atoms with van der Waals surface area (Å²) in [6.45, 7) is 4.19. The lowest BCUT2D eigenvalue weighted by molar-refractivity contribution is 0.323. The van der Waals surface area contributed by atoms with Gasteiger partial charge in [-0.25, -0.2) is 4.98 Å². The first kappa shape index (κ1) is 12.1. The Morgan fingerprint density at radius 2 is 2.24 bits per heavy atom. The maximum Gasteiger partial charge on any atom is 0.252 e. The lowest BCUT2D eigenvalue weighted by Gasteiger charge is -2.35. The minimum absolute atomic E-state index is 0.0827. The molecule has 5 heteroatoms. The van der Waals surface area contributed by atoms with E-state index in [9.17, 15) is 4.79 Å². The van der Waals surface area contributed by atoms with Gasteiger partial charge in [0.25, 0.3) is 5.56 Å². The second-order valence-corrected chi connectivity index (χ2v) is 4.67. The summed E-state index contributed by atoms with van der Waals surface area (Å²) in [4.78, 5) is 20.2. The molecule has 0 radical (unpaired) electrons. The molecule has 1 aromatic heterocycles. The zero-order valence-electron chi connectivity index (χ0n) is 10.4. The summed E-state index contributed by atoms with van der Waals surface area (Å²) < 4.78 is 0. The number of rotatable bonds is 3. The zero-order valence-corrected chi connectivity index (χ0v) is 10.4. The molecule has 17 heavy (non-hydrogen) atoms. The number of piperidine rings is 1. The van der Waals surface area contributed by atoms with Crippen molar-refractivity contribution in [2.75, 3.05) is 25.0 Å². The average Bonchev–Trinajstić information content (AvgIpc) is 2.38. The van der Waals surface area contributed by atoms with Crippen molar-refractivity contribution in [1.29, 1.82) is 0 Å². The first-order valence-electron chi connectivity index (χ1n) is 6.17. The minimum atomic E-state index is -0.0827. The minimum Gasteiger partial charge on any atom is -0.356 e. The van der Waals surface area contributed by atoms with Gasteiger partial charge in [0.2, 0.25) is 0 Å². The fourth-order valence-corrected chi connectivity index (χ4v) is 2.40. The van der Waals surface area contributed by atoms with Crippen molar-refractivity contribution in [2.45, 2.75) is 25.8 Å². The van der Waals surface area contributed by atoms with E-state index in [2.05, 4.69) is 27.1 Å². The van der Waals surface area contributed by atoms with Crippen LogP contribution in [0.25, 0.3) is 0 Å². The second-order valence-electron chi connectivity index (χ2n) is 4.67. The van der Waals surface area contributed by atoms with Crippen LogP contribution in [0.2, 0.25) is 0 Å². The molecule has 1 atom stereocenters. The van der Waals surface area contributed by atoms with Gasteiger partial charge in [0.1, 0.15) is 5.82 Å². The molecule has 0 saturated carbocycles. The van der Waals surface area contributed by atoms with Crippen LogP contribution in [0.4, 0.5) is 5.82 Å². The van der Waals surface area contributed by atoms with Gasteiger partial charge in [0, 0.05) is 25.2 Å². The Balaban J connectivity index is 1.97. The van der Waals surface area contributed by atoms with E-state index in [0.717, 1.165) is 37.7 Å². The number of hydrogen-bond acceptors (Lipinski definition) is 4. The van der Waals surface area contributed by atoms with Crippen molar-refractivity contribution < 1.29 is 0 Å². The monoisotopic (exact) mass is 236 g/mol. The van der Waals surface area contributed by atoms with Gasteiger partial charge in [-0.2, -0.15) is 0 Å². The summed E-state index contributed by atoms with van der Waals surface area (Å²) in [5, 5.41) is 3.31. The van der Waals surface area contributed by atoms with Crippen molar-refractivity contribution in [3.8, 4) is 0 Å². The molecule has 2 N–H and O–H groups in total. The quantitative estimate of drug-likeness (QED) is 0.806. The van der Waals surface area contributed by atoms with Crippen molar-refractivity contribution in [2.24, 2.45) is 5.92 Å². The molecule has 1 unspecified atom stereocenters. The van der Waals surface area contributed by atoms with Gasteiger partial charge in [-0.05, 0) is 32.7 Å². The van der Waals surface area contributed by atoms with Crippen LogP contribution in [0.15, 0.2) is 17.2 Å². The SMILES string of the molecule is CNC(C)C1CCN(c2cc(=O)[nH]cn2)CC1. The van der Waals surface area contributed by atoms with Gasteiger partial charge in [-0.3, -0.25) is 4.79 Å². The predicted octanol–water partition coefficient (Wildman–Crippen LogP) is 0.594. The molecule has 1 aliphatic rings. The Labute approximate surface area is 101 Å². The third-order valence-electron chi connectivity index (χ3n) is 3.69. The number of hydrogen-bond donors (Lipinski definition) is 2. The van der Waals surface area contributed by atoms with Crippen molar-refractivity contribution in [3.05, 3.63) is 22.7 Å². The average molecular weight is 236 g/mol. The molecule has 5 nitrogen and oxygen atoms in total. The van der Waals surface area contributed by atoms with Crippen molar-refractivity contribution in [3.63, 3.8) is 0 Å². The molecule has 0 spiro atoms. The molecule has 1 saturated heterocycles. The second kappa shape index (κ2) is 5.31. The van der Waals surface area contributed by atoms with E-state index in [1.54, 1.807) is 6.07 Å². The Morgan fingerprint density at radius 3 is 2.82 bits per heavy atom. The summed E-state index contributed by atoms with van der Waals surface area (Å²) in [7, 11) is 2.01. The molecule has 0 bridgehead atoms. The number of aromatic nitrogens is 2. The topological polar surface area (TPSA) is 61.0 Å². The summed E-state index contributed by atoms with van der Waals surface area (Å²) in [5.74, 6) is 1.52. The van der Waals surface area contributed by atoms with Crippen LogP contribution in [0, 0.1) is 5.92 Å². The smallest absolute Gasteiger partial charge is 0.252 e. The van der Waals surface area contributed by atoms with Crippen molar-refractivity contribution in [1.82, 2.24) is 15.3 Å². The number of anilines is 1. The van der Waals surface area contributed by atoms with Gasteiger partial charge >= 0.3 is 0 Å². The lowest BCUT2D eigenvalue weighted by atomic mass is 9.90. The maximum absolute atomic E-state index is 11.2. The van der Waals surface area contributed by atoms with Gasteiger partial charge in [0.05, 0.1) is 6.33 Å². The van der Waals surface area contributed by atoms with E-state index in [4.69, 9.17) is 0 Å². The molecule has 0 amide bonds. The van der Waals surface area contributed by atoms with E-state index < -0.39 is 0 Å². The highest BCUT2D eigenvalue weighted by Gasteiger charge is 2.23. The lowest BCUT2D eigenvalue weighted by Crippen LogP contribution is -2.41. The largest absolute Gasteiger partial charge is 0.356 e. The van der Waals surface area contributed by atoms with Crippen LogP contribution in [-0.2, 0) is 0 Å². The van der Waals surface area contributed by atoms with E-state index >= 15 is 0 Å². The Morgan fingerprint density at radius 1 is 1.53 bits per heavy atom. The van der Waals surface area contributed by atoms with Gasteiger partial charge < -0.3 is 15.2 Å². The highest BCUT2D eigenvalue weighted by atomic mass is 16.1. The molecular weight excluding hydrogens is 216 g/mol. The molecule has 1 fully saturated rings. The normalized spacial score (nSPS) is 19.3. The summed E-state index contributed by atoms with van der Waals surface area (Å²) in [6, 6.07) is 2.13. The molecule has 1 aliphatic heterocycles. The van der Waals surface area contributed by atoms with E-state index in [0.29, 0.717) is 6.04 Å². The fraction of sp³-hybridized carbons (Fsp3) is 0.667. The molecule has 0 aliphatic carbocycles. The number of H-pyrrole nitrogens is 1. The zero-order chi connectivity index (χ0) is 12.3. The molecular formula is C12H20N4O. The standard InChI is InChI=1S/C12H20N4O/c1-9(13-2)10-3-5-16(6-4-10)11-7-12(17)15-8-14-11/h7-10,13H,3-6H2,1-2H3,(H,14,15,17). The first-order chi connectivity index (χ1) is 8.20. The molecule has 0 aromatic carbocycles. The van der Waals surface area contributed by atoms with E-state index in [1.165, 1.54) is 6.33 Å². The molecule has 1 aromatic rings. The number of nitrogens with zero attached hydrogens (tertiary/aromatic N) is 2. The maximum atomic E-state index is 11.2. The summed E-state index contributed by atoms with van der Waals surface area (Å²) in [5.41, 5.74) is -0.0827. The predicted molar refractivity (Wildman–Crippen MR) is 68.3 cm³/mol. The fourth-order valence-electron chi connectivity index (χ4n) is 2.40. The third kappa shape index (κ3) is 2.85. The van der Waals surface area contributed by atoms with Gasteiger partial charge in [-0.15, -0.1) is 0 Å². The van der Waals surface area contributed by atoms with Crippen LogP contribution >= 0.6 is 0 Å². The number of nitrogens with one attached hydrogen (secondary N) is 2. The Hall–Kier alpha value is -1.36. The molecule has 2 rings (SSSR count). The first-order valence-corrected chi connectivity index (χ1v) is 6.17. The Bertz CT molecular complexity index is 409. The van der Waals surface area contributed by atoms with E-state index in [1.807, 2.05) is 7.05 Å². The summed E-state index contributed by atoms with van der Waals surface area (Å²) in [6.07, 6.45) is 3.77. The highest BCUT2D eigenvalue weighted by Crippen LogP contribution is 2.22. The van der Waals surface area contributed by atoms with E-state index in [-0.39, 0.29) is 5.56 Å². The van der Waals surface area contributed by atoms with Crippen LogP contribution in [0.3, 0.4) is 0 Å². The van der Waals surface area contributed by atoms with Gasteiger partial charge in [-0.1, -0.05) is 0 Å². The van der Waals surface area contributed by atoms with Crippen LogP contribution in [0.1, 0.15) is 19.8 Å². The Kier molecular flexibility index (Phi) is 3.78. The highest BCUT2D eigenvalue weighted by molar-refractivity contribution is 5.36.